The van der Waals surface area contributed by atoms with E-state index >= 15 is 0 Å². The van der Waals surface area contributed by atoms with Crippen LogP contribution in [0.2, 0.25) is 0 Å². The average Bonchev–Trinajstić information content (AvgIpc) is 2.93. The van der Waals surface area contributed by atoms with Gasteiger partial charge in [-0.25, -0.2) is 13.2 Å². The van der Waals surface area contributed by atoms with Crippen molar-refractivity contribution in [2.24, 2.45) is 0 Å². The smallest absolute Gasteiger partial charge is 0.334 e. The van der Waals surface area contributed by atoms with Crippen molar-refractivity contribution in [3.05, 3.63) is 29.8 Å². The Morgan fingerprint density at radius 1 is 1.17 bits per heavy atom. The van der Waals surface area contributed by atoms with Gasteiger partial charge in [0.2, 0.25) is 10.0 Å². The Morgan fingerprint density at radius 2 is 1.88 bits per heavy atom. The molecular formula is C15H18N2O6S. The van der Waals surface area contributed by atoms with Crippen LogP contribution in [0.4, 0.5) is 5.69 Å². The second-order valence-electron chi connectivity index (χ2n) is 5.74. The third kappa shape index (κ3) is 3.22. The monoisotopic (exact) mass is 354 g/mol. The van der Waals surface area contributed by atoms with Gasteiger partial charge in [0.25, 0.3) is 5.91 Å². The number of sulfonamides is 1. The number of nitrogens with zero attached hydrogens (tertiary/aromatic N) is 2. The lowest BCUT2D eigenvalue weighted by Gasteiger charge is -2.31. The molecule has 0 aliphatic carbocycles. The molecule has 1 aromatic carbocycles. The molecule has 130 valence electrons. The zero-order valence-electron chi connectivity index (χ0n) is 12.9. The van der Waals surface area contributed by atoms with Crippen molar-refractivity contribution in [1.82, 2.24) is 4.90 Å². The van der Waals surface area contributed by atoms with E-state index in [1.54, 1.807) is 24.3 Å². The molecule has 3 rings (SSSR count). The minimum absolute atomic E-state index is 0.00355. The first-order valence-corrected chi connectivity index (χ1v) is 9.23. The van der Waals surface area contributed by atoms with Crippen LogP contribution in [-0.2, 0) is 19.6 Å². The summed E-state index contributed by atoms with van der Waals surface area (Å²) in [5.74, 6) is -1.25. The zero-order chi connectivity index (χ0) is 17.3. The molecule has 2 fully saturated rings. The highest BCUT2D eigenvalue weighted by Crippen LogP contribution is 2.24. The highest BCUT2D eigenvalue weighted by Gasteiger charge is 2.30. The topological polar surface area (TPSA) is 104 Å². The van der Waals surface area contributed by atoms with Gasteiger partial charge < -0.3 is 14.7 Å². The molecule has 2 heterocycles. The highest BCUT2D eigenvalue weighted by molar-refractivity contribution is 7.93. The number of anilines is 1. The van der Waals surface area contributed by atoms with Crippen LogP contribution in [0, 0.1) is 0 Å². The van der Waals surface area contributed by atoms with Crippen LogP contribution in [0.1, 0.15) is 16.8 Å². The van der Waals surface area contributed by atoms with Crippen LogP contribution in [0.25, 0.3) is 0 Å². The summed E-state index contributed by atoms with van der Waals surface area (Å²) in [7, 11) is -3.25. The maximum atomic E-state index is 12.5. The van der Waals surface area contributed by atoms with Crippen molar-refractivity contribution in [2.45, 2.75) is 12.5 Å². The Bertz CT molecular complexity index is 746. The summed E-state index contributed by atoms with van der Waals surface area (Å²) in [6.07, 6.45) is -0.426. The summed E-state index contributed by atoms with van der Waals surface area (Å²) >= 11 is 0. The van der Waals surface area contributed by atoms with Gasteiger partial charge in [-0.05, 0) is 30.7 Å². The number of aliphatic carboxylic acids is 1. The first-order valence-electron chi connectivity index (χ1n) is 7.63. The summed E-state index contributed by atoms with van der Waals surface area (Å²) < 4.78 is 30.3. The molecule has 1 amide bonds. The molecule has 0 saturated carbocycles. The second-order valence-corrected chi connectivity index (χ2v) is 7.75. The number of rotatable bonds is 3. The van der Waals surface area contributed by atoms with Crippen molar-refractivity contribution < 1.29 is 27.9 Å². The summed E-state index contributed by atoms with van der Waals surface area (Å²) in [6, 6.07) is 6.34. The molecule has 2 aliphatic rings. The van der Waals surface area contributed by atoms with Gasteiger partial charge in [0.15, 0.2) is 6.10 Å². The second kappa shape index (κ2) is 6.40. The summed E-state index contributed by atoms with van der Waals surface area (Å²) in [5, 5.41) is 8.99. The molecule has 0 spiro atoms. The van der Waals surface area contributed by atoms with Crippen LogP contribution in [0.5, 0.6) is 0 Å². The molecule has 0 bridgehead atoms. The van der Waals surface area contributed by atoms with Gasteiger partial charge in [-0.3, -0.25) is 9.10 Å². The predicted molar refractivity (Wildman–Crippen MR) is 85.5 cm³/mol. The van der Waals surface area contributed by atoms with Gasteiger partial charge >= 0.3 is 5.97 Å². The molecule has 9 heteroatoms. The predicted octanol–water partition coefficient (Wildman–Crippen LogP) is 0.152. The molecular weight excluding hydrogens is 336 g/mol. The van der Waals surface area contributed by atoms with E-state index in [1.807, 2.05) is 0 Å². The Balaban J connectivity index is 1.73. The maximum Gasteiger partial charge on any atom is 0.334 e. The van der Waals surface area contributed by atoms with Crippen LogP contribution in [0.3, 0.4) is 0 Å². The van der Waals surface area contributed by atoms with Gasteiger partial charge in [0, 0.05) is 18.7 Å². The first-order chi connectivity index (χ1) is 11.4. The van der Waals surface area contributed by atoms with E-state index in [0.717, 1.165) is 0 Å². The molecule has 1 N–H and O–H groups in total. The third-order valence-corrected chi connectivity index (χ3v) is 6.00. The number of morpholine rings is 1. The van der Waals surface area contributed by atoms with Crippen molar-refractivity contribution in [3.8, 4) is 0 Å². The number of benzene rings is 1. The largest absolute Gasteiger partial charge is 0.479 e. The number of hydrogen-bond acceptors (Lipinski definition) is 5. The van der Waals surface area contributed by atoms with Crippen molar-refractivity contribution in [1.29, 1.82) is 0 Å². The van der Waals surface area contributed by atoms with Crippen LogP contribution >= 0.6 is 0 Å². The lowest BCUT2D eigenvalue weighted by atomic mass is 10.1. The lowest BCUT2D eigenvalue weighted by molar-refractivity contribution is -0.154. The first kappa shape index (κ1) is 16.7. The Morgan fingerprint density at radius 3 is 2.46 bits per heavy atom. The summed E-state index contributed by atoms with van der Waals surface area (Å²) in [4.78, 5) is 24.9. The molecule has 1 atom stereocenters. The Hall–Kier alpha value is -2.13. The molecule has 2 aliphatic heterocycles. The fourth-order valence-corrected chi connectivity index (χ4v) is 4.43. The molecule has 1 aromatic rings. The highest BCUT2D eigenvalue weighted by atomic mass is 32.2. The van der Waals surface area contributed by atoms with Crippen molar-refractivity contribution in [2.75, 3.05) is 36.3 Å². The molecule has 24 heavy (non-hydrogen) atoms. The number of amides is 1. The minimum atomic E-state index is -3.25. The number of carbonyl (C=O) groups is 2. The summed E-state index contributed by atoms with van der Waals surface area (Å²) in [5.41, 5.74) is 0.927. The van der Waals surface area contributed by atoms with Crippen molar-refractivity contribution in [3.63, 3.8) is 0 Å². The van der Waals surface area contributed by atoms with E-state index in [-0.39, 0.29) is 24.8 Å². The third-order valence-electron chi connectivity index (χ3n) is 4.13. The summed E-state index contributed by atoms with van der Waals surface area (Å²) in [6.45, 7) is 0.938. The van der Waals surface area contributed by atoms with E-state index in [1.165, 1.54) is 9.21 Å². The van der Waals surface area contributed by atoms with E-state index in [9.17, 15) is 18.0 Å². The quantitative estimate of drug-likeness (QED) is 0.829. The normalized spacial score (nSPS) is 23.2. The van der Waals surface area contributed by atoms with Gasteiger partial charge in [-0.2, -0.15) is 0 Å². The number of hydrogen-bond donors (Lipinski definition) is 1. The average molecular weight is 354 g/mol. The van der Waals surface area contributed by atoms with Gasteiger partial charge in [0.05, 0.1) is 24.6 Å². The van der Waals surface area contributed by atoms with E-state index in [2.05, 4.69) is 0 Å². The zero-order valence-corrected chi connectivity index (χ0v) is 13.7. The number of carbonyl (C=O) groups excluding carboxylic acids is 1. The van der Waals surface area contributed by atoms with E-state index in [0.29, 0.717) is 30.8 Å². The van der Waals surface area contributed by atoms with Gasteiger partial charge in [0.1, 0.15) is 0 Å². The SMILES string of the molecule is O=C(O)[C@H]1CN(C(=O)c2ccc(N3CCCS3(=O)=O)cc2)CCO1. The van der Waals surface area contributed by atoms with Crippen LogP contribution in [-0.4, -0.2) is 68.4 Å². The van der Waals surface area contributed by atoms with Crippen molar-refractivity contribution >= 4 is 27.6 Å². The molecule has 0 radical (unpaired) electrons. The van der Waals surface area contributed by atoms with E-state index in [4.69, 9.17) is 9.84 Å². The van der Waals surface area contributed by atoms with E-state index < -0.39 is 22.1 Å². The fraction of sp³-hybridized carbons (Fsp3) is 0.467. The molecule has 2 saturated heterocycles. The standard InChI is InChI=1S/C15H18N2O6S/c18-14(16-7-8-23-13(10-16)15(19)20)11-2-4-12(5-3-11)17-6-1-9-24(17,21)22/h2-5,13H,1,6-10H2,(H,19,20)/t13-/m1/s1. The minimum Gasteiger partial charge on any atom is -0.479 e. The van der Waals surface area contributed by atoms with Crippen LogP contribution < -0.4 is 4.31 Å². The lowest BCUT2D eigenvalue weighted by Crippen LogP contribution is -2.48. The van der Waals surface area contributed by atoms with Crippen LogP contribution in [0.15, 0.2) is 24.3 Å². The Labute approximate surface area is 139 Å². The number of carboxylic acids is 1. The maximum absolute atomic E-state index is 12.5. The fourth-order valence-electron chi connectivity index (χ4n) is 2.87. The molecule has 0 aromatic heterocycles. The number of carboxylic acid groups (broad SMARTS) is 1. The Kier molecular flexibility index (Phi) is 4.46. The number of ether oxygens (including phenoxy) is 1. The van der Waals surface area contributed by atoms with Gasteiger partial charge in [-0.1, -0.05) is 0 Å². The molecule has 8 nitrogen and oxygen atoms in total. The van der Waals surface area contributed by atoms with Gasteiger partial charge in [-0.15, -0.1) is 0 Å². The molecule has 0 unspecified atom stereocenters.